The second-order valence-corrected chi connectivity index (χ2v) is 3.16. The van der Waals surface area contributed by atoms with Gasteiger partial charge < -0.3 is 4.72 Å². The summed E-state index contributed by atoms with van der Waals surface area (Å²) in [5, 5.41) is 0. The van der Waals surface area contributed by atoms with Crippen molar-refractivity contribution in [3.8, 4) is 0 Å². The molecule has 1 N–H and O–H groups in total. The Hall–Kier alpha value is -1.09. The van der Waals surface area contributed by atoms with Gasteiger partial charge in [-0.2, -0.15) is 0 Å². The Bertz CT molecular complexity index is 277. The molecule has 72 valence electrons. The van der Waals surface area contributed by atoms with E-state index in [4.69, 9.17) is 0 Å². The zero-order valence-corrected chi connectivity index (χ0v) is 8.86. The molecule has 2 nitrogen and oxygen atoms in total. The molecule has 1 aliphatic heterocycles. The highest BCUT2D eigenvalue weighted by molar-refractivity contribution is 7.87. The number of nitrogens with one attached hydrogen (secondary N) is 1. The van der Waals surface area contributed by atoms with Crippen LogP contribution in [0.4, 0.5) is 0 Å². The first-order valence-corrected chi connectivity index (χ1v) is 5.28. The van der Waals surface area contributed by atoms with Crippen molar-refractivity contribution in [2.75, 3.05) is 0 Å². The molecule has 0 spiro atoms. The van der Waals surface area contributed by atoms with Crippen LogP contribution in [0.1, 0.15) is 13.8 Å². The number of hydrogen-bond acceptors (Lipinski definition) is 1. The first-order chi connectivity index (χ1) is 6.29. The predicted octanol–water partition coefficient (Wildman–Crippen LogP) is 2.42. The Morgan fingerprint density at radius 2 is 2.00 bits per heavy atom. The van der Waals surface area contributed by atoms with E-state index in [0.29, 0.717) is 4.91 Å². The first-order valence-electron chi connectivity index (χ1n) is 4.13. The molecule has 1 unspecified atom stereocenters. The topological polar surface area (TPSA) is 29.1 Å². The van der Waals surface area contributed by atoms with Crippen LogP contribution in [0.5, 0.6) is 0 Å². The average molecular weight is 197 g/mol. The molecule has 0 radical (unpaired) electrons. The highest BCUT2D eigenvalue weighted by Crippen LogP contribution is 2.14. The molecule has 1 rings (SSSR count). The zero-order chi connectivity index (χ0) is 10.3. The van der Waals surface area contributed by atoms with Crippen LogP contribution in [-0.2, 0) is 11.0 Å². The van der Waals surface area contributed by atoms with Crippen molar-refractivity contribution < 1.29 is 4.21 Å². The maximum absolute atomic E-state index is 11.2. The fraction of sp³-hybridized carbons (Fsp3) is 0.200. The molecule has 13 heavy (non-hydrogen) atoms. The maximum atomic E-state index is 11.2. The lowest BCUT2D eigenvalue weighted by Gasteiger charge is -2.09. The first kappa shape index (κ1) is 11.9. The molecule has 0 fully saturated rings. The Labute approximate surface area is 82.3 Å². The van der Waals surface area contributed by atoms with E-state index in [2.05, 4.69) is 17.9 Å². The monoisotopic (exact) mass is 197 g/mol. The van der Waals surface area contributed by atoms with Crippen molar-refractivity contribution in [2.45, 2.75) is 13.8 Å². The summed E-state index contributed by atoms with van der Waals surface area (Å²) in [6, 6.07) is 0. The largest absolute Gasteiger partial charge is 0.308 e. The van der Waals surface area contributed by atoms with Gasteiger partial charge in [-0.05, 0) is 11.6 Å². The summed E-state index contributed by atoms with van der Waals surface area (Å²) in [7, 11) is -1.15. The van der Waals surface area contributed by atoms with Crippen molar-refractivity contribution in [3.05, 3.63) is 48.1 Å². The van der Waals surface area contributed by atoms with Crippen LogP contribution in [0, 0.1) is 0 Å². The lowest BCUT2D eigenvalue weighted by atomic mass is 10.2. The highest BCUT2D eigenvalue weighted by Gasteiger charge is 2.08. The average Bonchev–Trinajstić information content (AvgIpc) is 2.20. The summed E-state index contributed by atoms with van der Waals surface area (Å²) < 4.78 is 13.8. The SMILES string of the molecule is C=CC1=C(C=C)S(=O)NC=C1.CC. The van der Waals surface area contributed by atoms with E-state index >= 15 is 0 Å². The summed E-state index contributed by atoms with van der Waals surface area (Å²) in [6.07, 6.45) is 6.68. The van der Waals surface area contributed by atoms with Crippen molar-refractivity contribution >= 4 is 11.0 Å². The summed E-state index contributed by atoms with van der Waals surface area (Å²) in [5.41, 5.74) is 0.858. The second-order valence-electron chi connectivity index (χ2n) is 1.95. The number of rotatable bonds is 2. The molecule has 0 aliphatic carbocycles. The molecular weight excluding hydrogens is 182 g/mol. The van der Waals surface area contributed by atoms with Crippen LogP contribution >= 0.6 is 0 Å². The Balaban J connectivity index is 0.000000671. The molecule has 0 aromatic heterocycles. The second kappa shape index (κ2) is 6.43. The van der Waals surface area contributed by atoms with Gasteiger partial charge in [0, 0.05) is 6.20 Å². The van der Waals surface area contributed by atoms with Gasteiger partial charge in [0.15, 0.2) is 0 Å². The fourth-order valence-electron chi connectivity index (χ4n) is 0.800. The van der Waals surface area contributed by atoms with Crippen LogP contribution in [0.2, 0.25) is 0 Å². The lowest BCUT2D eigenvalue weighted by molar-refractivity contribution is 0.683. The third kappa shape index (κ3) is 3.03. The predicted molar refractivity (Wildman–Crippen MR) is 59.2 cm³/mol. The summed E-state index contributed by atoms with van der Waals surface area (Å²) in [6.45, 7) is 11.2. The zero-order valence-electron chi connectivity index (χ0n) is 8.04. The van der Waals surface area contributed by atoms with E-state index in [1.807, 2.05) is 19.9 Å². The molecule has 0 bridgehead atoms. The van der Waals surface area contributed by atoms with Crippen LogP contribution in [0.25, 0.3) is 0 Å². The molecule has 1 aliphatic rings. The Kier molecular flexibility index (Phi) is 5.89. The molecule has 3 heteroatoms. The molecule has 1 atom stereocenters. The minimum Gasteiger partial charge on any atom is -0.308 e. The third-order valence-electron chi connectivity index (χ3n) is 1.33. The van der Waals surface area contributed by atoms with E-state index in [9.17, 15) is 4.21 Å². The minimum absolute atomic E-state index is 0.683. The van der Waals surface area contributed by atoms with Gasteiger partial charge >= 0.3 is 0 Å². The molecule has 0 saturated carbocycles. The van der Waals surface area contributed by atoms with E-state index in [1.165, 1.54) is 0 Å². The quantitative estimate of drug-likeness (QED) is 0.723. The molecule has 0 saturated heterocycles. The molecule has 0 amide bonds. The number of allylic oxidation sites excluding steroid dienone is 4. The van der Waals surface area contributed by atoms with Crippen molar-refractivity contribution in [1.29, 1.82) is 0 Å². The standard InChI is InChI=1S/C8H9NOS.C2H6/c1-3-7-5-6-9-11(10)8(7)4-2;1-2/h3-6,9H,1-2H2;1-2H3. The van der Waals surface area contributed by atoms with Crippen LogP contribution in [-0.4, -0.2) is 4.21 Å². The molecule has 1 heterocycles. The van der Waals surface area contributed by atoms with Crippen molar-refractivity contribution in [2.24, 2.45) is 0 Å². The Morgan fingerprint density at radius 1 is 1.38 bits per heavy atom. The van der Waals surface area contributed by atoms with Gasteiger partial charge in [-0.15, -0.1) is 0 Å². The normalized spacial score (nSPS) is 19.7. The molecular formula is C10H15NOS. The molecule has 0 aromatic rings. The van der Waals surface area contributed by atoms with Gasteiger partial charge in [-0.1, -0.05) is 39.2 Å². The van der Waals surface area contributed by atoms with Gasteiger partial charge in [0.2, 0.25) is 0 Å². The van der Waals surface area contributed by atoms with Crippen molar-refractivity contribution in [3.63, 3.8) is 0 Å². The van der Waals surface area contributed by atoms with Crippen LogP contribution in [0.15, 0.2) is 48.1 Å². The van der Waals surface area contributed by atoms with Crippen LogP contribution < -0.4 is 4.72 Å². The highest BCUT2D eigenvalue weighted by atomic mass is 32.2. The van der Waals surface area contributed by atoms with E-state index in [0.717, 1.165) is 5.57 Å². The van der Waals surface area contributed by atoms with Gasteiger partial charge in [-0.25, -0.2) is 4.21 Å². The van der Waals surface area contributed by atoms with Gasteiger partial charge in [-0.3, -0.25) is 0 Å². The molecule has 0 aromatic carbocycles. The van der Waals surface area contributed by atoms with E-state index in [1.54, 1.807) is 18.4 Å². The third-order valence-corrected chi connectivity index (χ3v) is 2.48. The fourth-order valence-corrected chi connectivity index (χ4v) is 1.64. The Morgan fingerprint density at radius 3 is 2.38 bits per heavy atom. The number of hydrogen-bond donors (Lipinski definition) is 1. The lowest BCUT2D eigenvalue weighted by Crippen LogP contribution is -2.15. The summed E-state index contributed by atoms with van der Waals surface area (Å²) in [5.74, 6) is 0. The van der Waals surface area contributed by atoms with Crippen molar-refractivity contribution in [1.82, 2.24) is 4.72 Å². The maximum Gasteiger partial charge on any atom is 0.150 e. The van der Waals surface area contributed by atoms with E-state index < -0.39 is 11.0 Å². The van der Waals surface area contributed by atoms with E-state index in [-0.39, 0.29) is 0 Å². The van der Waals surface area contributed by atoms with Crippen LogP contribution in [0.3, 0.4) is 0 Å². The summed E-state index contributed by atoms with van der Waals surface area (Å²) in [4.78, 5) is 0.683. The van der Waals surface area contributed by atoms with Gasteiger partial charge in [0.05, 0.1) is 4.91 Å². The minimum atomic E-state index is -1.15. The van der Waals surface area contributed by atoms with Gasteiger partial charge in [0.25, 0.3) is 0 Å². The smallest absolute Gasteiger partial charge is 0.150 e. The van der Waals surface area contributed by atoms with Gasteiger partial charge in [0.1, 0.15) is 11.0 Å². The summed E-state index contributed by atoms with van der Waals surface area (Å²) >= 11 is 0.